The first kappa shape index (κ1) is 15.0. The van der Waals surface area contributed by atoms with Crippen molar-refractivity contribution in [2.75, 3.05) is 37.9 Å². The van der Waals surface area contributed by atoms with Gasteiger partial charge in [-0.1, -0.05) is 13.3 Å². The average molecular weight is 298 g/mol. The van der Waals surface area contributed by atoms with E-state index in [1.165, 1.54) is 37.7 Å². The molecule has 112 valence electrons. The second-order valence-corrected chi connectivity index (χ2v) is 6.01. The van der Waals surface area contributed by atoms with Crippen molar-refractivity contribution in [3.05, 3.63) is 4.88 Å². The topological polar surface area (TPSA) is 64.8 Å². The van der Waals surface area contributed by atoms with E-state index in [1.54, 1.807) is 7.11 Å². The SMILES string of the molecule is CCC1CCN(c2sc(C(=O)OC)c(N)c2OC)CC1. The summed E-state index contributed by atoms with van der Waals surface area (Å²) in [6.45, 7) is 4.20. The van der Waals surface area contributed by atoms with Crippen molar-refractivity contribution >= 4 is 28.0 Å². The van der Waals surface area contributed by atoms with Gasteiger partial charge in [-0.25, -0.2) is 4.79 Å². The lowest BCUT2D eigenvalue weighted by atomic mass is 9.94. The molecule has 1 fully saturated rings. The van der Waals surface area contributed by atoms with E-state index in [1.807, 2.05) is 0 Å². The monoisotopic (exact) mass is 298 g/mol. The molecule has 0 aliphatic carbocycles. The molecule has 1 aliphatic heterocycles. The van der Waals surface area contributed by atoms with Crippen molar-refractivity contribution in [2.24, 2.45) is 5.92 Å². The van der Waals surface area contributed by atoms with Crippen molar-refractivity contribution in [2.45, 2.75) is 26.2 Å². The van der Waals surface area contributed by atoms with Gasteiger partial charge in [-0.2, -0.15) is 0 Å². The lowest BCUT2D eigenvalue weighted by molar-refractivity contribution is 0.0607. The summed E-state index contributed by atoms with van der Waals surface area (Å²) in [6.07, 6.45) is 3.57. The predicted octanol–water partition coefficient (Wildman–Crippen LogP) is 2.75. The van der Waals surface area contributed by atoms with Crippen LogP contribution in [-0.2, 0) is 4.74 Å². The van der Waals surface area contributed by atoms with Crippen molar-refractivity contribution in [3.8, 4) is 5.75 Å². The molecule has 0 radical (unpaired) electrons. The molecule has 2 heterocycles. The van der Waals surface area contributed by atoms with Gasteiger partial charge in [0.2, 0.25) is 0 Å². The zero-order chi connectivity index (χ0) is 14.7. The van der Waals surface area contributed by atoms with Gasteiger partial charge in [0.15, 0.2) is 5.75 Å². The Balaban J connectivity index is 2.25. The fourth-order valence-electron chi connectivity index (χ4n) is 2.61. The van der Waals surface area contributed by atoms with E-state index in [9.17, 15) is 4.79 Å². The minimum Gasteiger partial charge on any atom is -0.492 e. The van der Waals surface area contributed by atoms with Crippen molar-refractivity contribution < 1.29 is 14.3 Å². The molecule has 0 atom stereocenters. The lowest BCUT2D eigenvalue weighted by Gasteiger charge is -2.32. The van der Waals surface area contributed by atoms with Gasteiger partial charge in [-0.15, -0.1) is 11.3 Å². The first-order chi connectivity index (χ1) is 9.62. The summed E-state index contributed by atoms with van der Waals surface area (Å²) >= 11 is 1.36. The molecule has 0 aromatic carbocycles. The van der Waals surface area contributed by atoms with E-state index in [0.717, 1.165) is 24.0 Å². The van der Waals surface area contributed by atoms with E-state index in [2.05, 4.69) is 11.8 Å². The van der Waals surface area contributed by atoms with Gasteiger partial charge in [0.1, 0.15) is 15.6 Å². The summed E-state index contributed by atoms with van der Waals surface area (Å²) in [4.78, 5) is 14.4. The van der Waals surface area contributed by atoms with Crippen molar-refractivity contribution in [1.29, 1.82) is 0 Å². The second kappa shape index (κ2) is 6.35. The van der Waals surface area contributed by atoms with Crippen LogP contribution in [0.5, 0.6) is 5.75 Å². The number of nitrogens with zero attached hydrogens (tertiary/aromatic N) is 1. The number of esters is 1. The van der Waals surface area contributed by atoms with Gasteiger partial charge in [0.05, 0.1) is 14.2 Å². The fraction of sp³-hybridized carbons (Fsp3) is 0.643. The number of ether oxygens (including phenoxy) is 2. The van der Waals surface area contributed by atoms with E-state index in [0.29, 0.717) is 16.3 Å². The van der Waals surface area contributed by atoms with Crippen LogP contribution in [0.15, 0.2) is 0 Å². The molecule has 0 saturated carbocycles. The molecule has 1 aromatic rings. The minimum atomic E-state index is -0.402. The number of carbonyl (C=O) groups is 1. The molecular weight excluding hydrogens is 276 g/mol. The number of nitrogen functional groups attached to an aromatic ring is 1. The van der Waals surface area contributed by atoms with Gasteiger partial charge >= 0.3 is 5.97 Å². The van der Waals surface area contributed by atoms with Gasteiger partial charge in [0.25, 0.3) is 0 Å². The molecule has 0 amide bonds. The van der Waals surface area contributed by atoms with Crippen LogP contribution in [0.4, 0.5) is 10.7 Å². The Bertz CT molecular complexity index is 479. The second-order valence-electron chi connectivity index (χ2n) is 5.01. The number of piperidine rings is 1. The normalized spacial score (nSPS) is 16.2. The maximum Gasteiger partial charge on any atom is 0.350 e. The summed E-state index contributed by atoms with van der Waals surface area (Å²) < 4.78 is 10.2. The molecule has 1 aliphatic rings. The summed E-state index contributed by atoms with van der Waals surface area (Å²) in [5, 5.41) is 0.944. The van der Waals surface area contributed by atoms with Crippen LogP contribution < -0.4 is 15.4 Å². The molecule has 0 spiro atoms. The summed E-state index contributed by atoms with van der Waals surface area (Å²) in [5.74, 6) is 1.00. The van der Waals surface area contributed by atoms with Crippen LogP contribution in [0.1, 0.15) is 35.9 Å². The van der Waals surface area contributed by atoms with Crippen LogP contribution in [0.2, 0.25) is 0 Å². The fourth-order valence-corrected chi connectivity index (χ4v) is 3.77. The molecule has 1 saturated heterocycles. The number of methoxy groups -OCH3 is 2. The predicted molar refractivity (Wildman–Crippen MR) is 81.9 cm³/mol. The van der Waals surface area contributed by atoms with Crippen LogP contribution in [0.3, 0.4) is 0 Å². The zero-order valence-corrected chi connectivity index (χ0v) is 13.1. The Morgan fingerprint density at radius 3 is 2.55 bits per heavy atom. The number of rotatable bonds is 4. The Hall–Kier alpha value is -1.43. The molecule has 20 heavy (non-hydrogen) atoms. The highest BCUT2D eigenvalue weighted by Gasteiger charge is 2.28. The molecule has 5 nitrogen and oxygen atoms in total. The third kappa shape index (κ3) is 2.70. The maximum absolute atomic E-state index is 11.7. The van der Waals surface area contributed by atoms with Gasteiger partial charge in [-0.3, -0.25) is 0 Å². The smallest absolute Gasteiger partial charge is 0.350 e. The summed E-state index contributed by atoms with van der Waals surface area (Å²) in [6, 6.07) is 0. The first-order valence-electron chi connectivity index (χ1n) is 6.91. The van der Waals surface area contributed by atoms with Crippen molar-refractivity contribution in [1.82, 2.24) is 0 Å². The standard InChI is InChI=1S/C14H22N2O3S/c1-4-9-5-7-16(8-6-9)13-11(18-2)10(15)12(20-13)14(17)19-3/h9H,4-8,15H2,1-3H3. The molecular formula is C14H22N2O3S. The van der Waals surface area contributed by atoms with Gasteiger partial charge in [-0.05, 0) is 18.8 Å². The number of carbonyl (C=O) groups excluding carboxylic acids is 1. The highest BCUT2D eigenvalue weighted by atomic mass is 32.1. The Morgan fingerprint density at radius 2 is 2.05 bits per heavy atom. The number of hydrogen-bond acceptors (Lipinski definition) is 6. The number of hydrogen-bond donors (Lipinski definition) is 1. The third-order valence-corrected chi connectivity index (χ3v) is 5.16. The van der Waals surface area contributed by atoms with Gasteiger partial charge in [0, 0.05) is 13.1 Å². The van der Waals surface area contributed by atoms with Crippen molar-refractivity contribution in [3.63, 3.8) is 0 Å². The van der Waals surface area contributed by atoms with E-state index in [-0.39, 0.29) is 0 Å². The zero-order valence-electron chi connectivity index (χ0n) is 12.3. The Morgan fingerprint density at radius 1 is 1.40 bits per heavy atom. The number of anilines is 2. The Labute approximate surface area is 123 Å². The van der Waals surface area contributed by atoms with Crippen LogP contribution in [0, 0.1) is 5.92 Å². The van der Waals surface area contributed by atoms with Crippen LogP contribution in [0.25, 0.3) is 0 Å². The number of thiophene rings is 1. The molecule has 0 bridgehead atoms. The molecule has 2 rings (SSSR count). The molecule has 0 unspecified atom stereocenters. The largest absolute Gasteiger partial charge is 0.492 e. The average Bonchev–Trinajstić information content (AvgIpc) is 2.83. The van der Waals surface area contributed by atoms with E-state index < -0.39 is 5.97 Å². The molecule has 1 aromatic heterocycles. The lowest BCUT2D eigenvalue weighted by Crippen LogP contribution is -2.33. The van der Waals surface area contributed by atoms with E-state index in [4.69, 9.17) is 15.2 Å². The molecule has 6 heteroatoms. The first-order valence-corrected chi connectivity index (χ1v) is 7.73. The maximum atomic E-state index is 11.7. The third-order valence-electron chi connectivity index (χ3n) is 3.94. The quantitative estimate of drug-likeness (QED) is 0.866. The highest BCUT2D eigenvalue weighted by Crippen LogP contribution is 2.46. The highest BCUT2D eigenvalue weighted by molar-refractivity contribution is 7.19. The van der Waals surface area contributed by atoms with Gasteiger partial charge < -0.3 is 20.1 Å². The van der Waals surface area contributed by atoms with Crippen LogP contribution in [-0.4, -0.2) is 33.3 Å². The van der Waals surface area contributed by atoms with Crippen LogP contribution >= 0.6 is 11.3 Å². The number of nitrogens with two attached hydrogens (primary N) is 1. The van der Waals surface area contributed by atoms with E-state index >= 15 is 0 Å². The summed E-state index contributed by atoms with van der Waals surface area (Å²) in [7, 11) is 2.95. The Kier molecular flexibility index (Phi) is 4.75. The molecule has 2 N–H and O–H groups in total. The summed E-state index contributed by atoms with van der Waals surface area (Å²) in [5.41, 5.74) is 6.40. The minimum absolute atomic E-state index is 0.386.